The molecule has 6 heteroatoms. The first kappa shape index (κ1) is 16.1. The average molecular weight is 306 g/mol. The predicted octanol–water partition coefficient (Wildman–Crippen LogP) is 2.02. The van der Waals surface area contributed by atoms with E-state index in [9.17, 15) is 9.90 Å². The van der Waals surface area contributed by atoms with Gasteiger partial charge in [-0.3, -0.25) is 9.79 Å². The van der Waals surface area contributed by atoms with Gasteiger partial charge < -0.3 is 20.3 Å². The maximum absolute atomic E-state index is 10.9. The number of hydrogen-bond donors (Lipinski definition) is 2. The highest BCUT2D eigenvalue weighted by Crippen LogP contribution is 2.32. The number of hydrogen-bond acceptors (Lipinski definition) is 5. The molecule has 0 radical (unpaired) electrons. The van der Waals surface area contributed by atoms with E-state index < -0.39 is 5.91 Å². The molecular weight excluding hydrogens is 284 g/mol. The maximum Gasteiger partial charge on any atom is 0.255 e. The van der Waals surface area contributed by atoms with Gasteiger partial charge in [0.15, 0.2) is 6.61 Å². The predicted molar refractivity (Wildman–Crippen MR) is 83.8 cm³/mol. The van der Waals surface area contributed by atoms with Crippen LogP contribution in [0, 0.1) is 0 Å². The Morgan fingerprint density at radius 2 is 2.14 bits per heavy atom. The highest BCUT2D eigenvalue weighted by Gasteiger charge is 2.14. The summed E-state index contributed by atoms with van der Waals surface area (Å²) >= 11 is 0. The van der Waals surface area contributed by atoms with E-state index in [1.807, 2.05) is 0 Å². The summed E-state index contributed by atoms with van der Waals surface area (Å²) in [6.07, 6.45) is 7.35. The summed E-state index contributed by atoms with van der Waals surface area (Å²) in [6.45, 7) is -0.267. The number of phenolic OH excluding ortho intramolecular Hbond substituents is 1. The number of nitrogens with two attached hydrogens (primary N) is 1. The lowest BCUT2D eigenvalue weighted by Crippen LogP contribution is -2.20. The summed E-state index contributed by atoms with van der Waals surface area (Å²) in [6, 6.07) is 3.36. The number of rotatable bonds is 6. The van der Waals surface area contributed by atoms with E-state index in [2.05, 4.69) is 4.99 Å². The average Bonchev–Trinajstić information content (AvgIpc) is 2.52. The minimum Gasteiger partial charge on any atom is -0.507 e. The summed E-state index contributed by atoms with van der Waals surface area (Å²) in [7, 11) is 1.49. The second kappa shape index (κ2) is 7.68. The van der Waals surface area contributed by atoms with E-state index in [1.54, 1.807) is 12.3 Å². The van der Waals surface area contributed by atoms with Gasteiger partial charge in [0, 0.05) is 24.4 Å². The van der Waals surface area contributed by atoms with Gasteiger partial charge in [0.2, 0.25) is 0 Å². The van der Waals surface area contributed by atoms with E-state index >= 15 is 0 Å². The molecule has 1 aliphatic carbocycles. The van der Waals surface area contributed by atoms with Crippen molar-refractivity contribution in [2.75, 3.05) is 13.7 Å². The van der Waals surface area contributed by atoms with Crippen LogP contribution in [0.15, 0.2) is 17.1 Å². The third kappa shape index (κ3) is 4.38. The van der Waals surface area contributed by atoms with Gasteiger partial charge in [-0.15, -0.1) is 0 Å². The second-order valence-corrected chi connectivity index (χ2v) is 5.38. The lowest BCUT2D eigenvalue weighted by atomic mass is 9.96. The second-order valence-electron chi connectivity index (χ2n) is 5.38. The number of aliphatic imine (C=N–C) groups is 1. The van der Waals surface area contributed by atoms with E-state index in [-0.39, 0.29) is 18.4 Å². The van der Waals surface area contributed by atoms with Gasteiger partial charge in [-0.25, -0.2) is 0 Å². The van der Waals surface area contributed by atoms with Gasteiger partial charge in [-0.05, 0) is 12.8 Å². The zero-order chi connectivity index (χ0) is 15.9. The molecular formula is C16H22N2O4. The molecule has 1 saturated carbocycles. The number of benzene rings is 1. The Morgan fingerprint density at radius 1 is 1.41 bits per heavy atom. The van der Waals surface area contributed by atoms with Gasteiger partial charge in [0.1, 0.15) is 17.2 Å². The molecule has 1 aromatic carbocycles. The van der Waals surface area contributed by atoms with E-state index in [0.29, 0.717) is 17.1 Å². The van der Waals surface area contributed by atoms with Crippen LogP contribution in [0.25, 0.3) is 0 Å². The summed E-state index contributed by atoms with van der Waals surface area (Å²) < 4.78 is 10.4. The first-order valence-electron chi connectivity index (χ1n) is 7.45. The van der Waals surface area contributed by atoms with Crippen molar-refractivity contribution in [3.63, 3.8) is 0 Å². The highest BCUT2D eigenvalue weighted by molar-refractivity contribution is 5.88. The van der Waals surface area contributed by atoms with Crippen LogP contribution >= 0.6 is 0 Å². The van der Waals surface area contributed by atoms with E-state index in [1.165, 1.54) is 32.4 Å². The Morgan fingerprint density at radius 3 is 2.77 bits per heavy atom. The smallest absolute Gasteiger partial charge is 0.255 e. The van der Waals surface area contributed by atoms with Crippen LogP contribution in [-0.4, -0.2) is 37.0 Å². The molecule has 0 atom stereocenters. The molecule has 0 bridgehead atoms. The summed E-state index contributed by atoms with van der Waals surface area (Å²) in [5, 5.41) is 10.1. The number of carbonyl (C=O) groups is 1. The van der Waals surface area contributed by atoms with E-state index in [4.69, 9.17) is 15.2 Å². The van der Waals surface area contributed by atoms with Crippen LogP contribution in [0.5, 0.6) is 17.2 Å². The van der Waals surface area contributed by atoms with Crippen molar-refractivity contribution in [2.45, 2.75) is 38.1 Å². The van der Waals surface area contributed by atoms with Crippen LogP contribution in [0.2, 0.25) is 0 Å². The monoisotopic (exact) mass is 306 g/mol. The number of phenols is 1. The van der Waals surface area contributed by atoms with Crippen LogP contribution in [0.4, 0.5) is 0 Å². The van der Waals surface area contributed by atoms with Crippen molar-refractivity contribution >= 4 is 12.1 Å². The molecule has 1 aromatic rings. The fourth-order valence-electron chi connectivity index (χ4n) is 2.51. The third-order valence-electron chi connectivity index (χ3n) is 3.69. The Kier molecular flexibility index (Phi) is 5.63. The van der Waals surface area contributed by atoms with Gasteiger partial charge in [-0.2, -0.15) is 0 Å². The molecule has 6 nitrogen and oxygen atoms in total. The van der Waals surface area contributed by atoms with Crippen LogP contribution in [0.3, 0.4) is 0 Å². The first-order valence-corrected chi connectivity index (χ1v) is 7.45. The molecule has 0 saturated heterocycles. The molecule has 2 rings (SSSR count). The lowest BCUT2D eigenvalue weighted by Gasteiger charge is -2.17. The number of primary amides is 1. The molecule has 0 aliphatic heterocycles. The SMILES string of the molecule is COc1cc(O)c(C=NC2CCCCC2)c(OCC(N)=O)c1. The molecule has 1 amide bonds. The zero-order valence-electron chi connectivity index (χ0n) is 12.7. The minimum atomic E-state index is -0.586. The van der Waals surface area contributed by atoms with Crippen molar-refractivity contribution in [1.29, 1.82) is 0 Å². The van der Waals surface area contributed by atoms with Crippen molar-refractivity contribution in [2.24, 2.45) is 10.7 Å². The minimum absolute atomic E-state index is 0.00150. The van der Waals surface area contributed by atoms with Crippen molar-refractivity contribution in [1.82, 2.24) is 0 Å². The number of aromatic hydroxyl groups is 1. The fraction of sp³-hybridized carbons (Fsp3) is 0.500. The molecule has 120 valence electrons. The van der Waals surface area contributed by atoms with Gasteiger partial charge in [-0.1, -0.05) is 19.3 Å². The maximum atomic E-state index is 10.9. The normalized spacial score (nSPS) is 15.9. The number of carbonyl (C=O) groups excluding carboxylic acids is 1. The molecule has 0 spiro atoms. The molecule has 1 fully saturated rings. The zero-order valence-corrected chi connectivity index (χ0v) is 12.7. The number of nitrogens with zero attached hydrogens (tertiary/aromatic N) is 1. The van der Waals surface area contributed by atoms with Gasteiger partial charge in [0.05, 0.1) is 12.7 Å². The molecule has 22 heavy (non-hydrogen) atoms. The number of amides is 1. The molecule has 3 N–H and O–H groups in total. The van der Waals surface area contributed by atoms with Crippen LogP contribution in [-0.2, 0) is 4.79 Å². The van der Waals surface area contributed by atoms with Gasteiger partial charge >= 0.3 is 0 Å². The Bertz CT molecular complexity index is 551. The third-order valence-corrected chi connectivity index (χ3v) is 3.69. The van der Waals surface area contributed by atoms with Crippen molar-refractivity contribution < 1.29 is 19.4 Å². The Labute approximate surface area is 129 Å². The molecule has 1 aliphatic rings. The molecule has 0 heterocycles. The Hall–Kier alpha value is -2.24. The standard InChI is InChI=1S/C16H22N2O4/c1-21-12-7-14(19)13(15(8-12)22-10-16(17)20)9-18-11-5-3-2-4-6-11/h7-9,11,19H,2-6,10H2,1H3,(H2,17,20). The number of methoxy groups -OCH3 is 1. The fourth-order valence-corrected chi connectivity index (χ4v) is 2.51. The first-order chi connectivity index (χ1) is 10.6. The molecule has 0 unspecified atom stereocenters. The summed E-state index contributed by atoms with van der Waals surface area (Å²) in [5.41, 5.74) is 5.54. The lowest BCUT2D eigenvalue weighted by molar-refractivity contribution is -0.119. The largest absolute Gasteiger partial charge is 0.507 e. The van der Waals surface area contributed by atoms with Crippen LogP contribution in [0.1, 0.15) is 37.7 Å². The number of ether oxygens (including phenoxy) is 2. The van der Waals surface area contributed by atoms with Crippen LogP contribution < -0.4 is 15.2 Å². The molecule has 0 aromatic heterocycles. The highest BCUT2D eigenvalue weighted by atomic mass is 16.5. The summed E-state index contributed by atoms with van der Waals surface area (Å²) in [5.74, 6) is 0.179. The summed E-state index contributed by atoms with van der Waals surface area (Å²) in [4.78, 5) is 15.4. The van der Waals surface area contributed by atoms with Crippen molar-refractivity contribution in [3.05, 3.63) is 17.7 Å². The van der Waals surface area contributed by atoms with Gasteiger partial charge in [0.25, 0.3) is 5.91 Å². The Balaban J connectivity index is 2.22. The quantitative estimate of drug-likeness (QED) is 0.786. The topological polar surface area (TPSA) is 94.1 Å². The van der Waals surface area contributed by atoms with E-state index in [0.717, 1.165) is 12.8 Å². The van der Waals surface area contributed by atoms with Crippen molar-refractivity contribution in [3.8, 4) is 17.2 Å².